The SMILES string of the molecule is CCOC(=O)NC(=O)COC(=O)c1cc2cc(F)ccc2s1. The monoisotopic (exact) mass is 325 g/mol. The highest BCUT2D eigenvalue weighted by Crippen LogP contribution is 2.26. The summed E-state index contributed by atoms with van der Waals surface area (Å²) < 4.78 is 23.1. The van der Waals surface area contributed by atoms with Crippen molar-refractivity contribution in [3.63, 3.8) is 0 Å². The molecule has 0 atom stereocenters. The number of benzene rings is 1. The fourth-order valence-corrected chi connectivity index (χ4v) is 2.57. The van der Waals surface area contributed by atoms with Gasteiger partial charge in [0.15, 0.2) is 6.61 Å². The van der Waals surface area contributed by atoms with Crippen LogP contribution in [0.4, 0.5) is 9.18 Å². The van der Waals surface area contributed by atoms with Gasteiger partial charge in [-0.25, -0.2) is 14.0 Å². The maximum absolute atomic E-state index is 13.1. The first-order valence-corrected chi connectivity index (χ1v) is 7.14. The highest BCUT2D eigenvalue weighted by Gasteiger charge is 2.15. The predicted molar refractivity (Wildman–Crippen MR) is 77.2 cm³/mol. The van der Waals surface area contributed by atoms with E-state index in [4.69, 9.17) is 4.74 Å². The van der Waals surface area contributed by atoms with E-state index in [9.17, 15) is 18.8 Å². The van der Waals surface area contributed by atoms with Crippen molar-refractivity contribution in [1.29, 1.82) is 0 Å². The van der Waals surface area contributed by atoms with Crippen LogP contribution in [0.2, 0.25) is 0 Å². The first-order chi connectivity index (χ1) is 10.5. The topological polar surface area (TPSA) is 81.7 Å². The van der Waals surface area contributed by atoms with E-state index in [0.717, 1.165) is 16.0 Å². The van der Waals surface area contributed by atoms with E-state index in [1.165, 1.54) is 18.2 Å². The summed E-state index contributed by atoms with van der Waals surface area (Å²) in [7, 11) is 0. The Bertz CT molecular complexity index is 727. The minimum atomic E-state index is -0.902. The second-order valence-electron chi connectivity index (χ2n) is 4.14. The molecular formula is C14H12FNO5S. The van der Waals surface area contributed by atoms with Gasteiger partial charge >= 0.3 is 12.1 Å². The van der Waals surface area contributed by atoms with Crippen LogP contribution in [0, 0.1) is 5.82 Å². The number of esters is 1. The molecule has 1 N–H and O–H groups in total. The van der Waals surface area contributed by atoms with Crippen LogP contribution in [0.5, 0.6) is 0 Å². The molecule has 0 saturated heterocycles. The Hall–Kier alpha value is -2.48. The van der Waals surface area contributed by atoms with Gasteiger partial charge in [-0.15, -0.1) is 11.3 Å². The fraction of sp³-hybridized carbons (Fsp3) is 0.214. The normalized spacial score (nSPS) is 10.3. The van der Waals surface area contributed by atoms with Crippen molar-refractivity contribution in [3.05, 3.63) is 35.0 Å². The van der Waals surface area contributed by atoms with Crippen LogP contribution < -0.4 is 5.32 Å². The standard InChI is InChI=1S/C14H12FNO5S/c1-2-20-14(19)16-12(17)7-21-13(18)11-6-8-5-9(15)3-4-10(8)22-11/h3-6H,2,7H2,1H3,(H,16,17,19). The Labute approximate surface area is 128 Å². The number of alkyl carbamates (subject to hydrolysis) is 1. The van der Waals surface area contributed by atoms with Gasteiger partial charge in [0, 0.05) is 4.70 Å². The highest BCUT2D eigenvalue weighted by molar-refractivity contribution is 7.20. The van der Waals surface area contributed by atoms with Crippen molar-refractivity contribution < 1.29 is 28.2 Å². The number of thiophene rings is 1. The van der Waals surface area contributed by atoms with Gasteiger partial charge in [0.05, 0.1) is 6.61 Å². The van der Waals surface area contributed by atoms with E-state index in [-0.39, 0.29) is 11.5 Å². The molecule has 0 spiro atoms. The number of carbonyl (C=O) groups is 3. The van der Waals surface area contributed by atoms with Gasteiger partial charge in [-0.2, -0.15) is 0 Å². The minimum Gasteiger partial charge on any atom is -0.451 e. The summed E-state index contributed by atoms with van der Waals surface area (Å²) in [6.07, 6.45) is -0.902. The smallest absolute Gasteiger partial charge is 0.413 e. The lowest BCUT2D eigenvalue weighted by Crippen LogP contribution is -2.34. The van der Waals surface area contributed by atoms with Gasteiger partial charge in [0.25, 0.3) is 5.91 Å². The van der Waals surface area contributed by atoms with E-state index in [1.807, 2.05) is 5.32 Å². The fourth-order valence-electron chi connectivity index (χ4n) is 1.63. The quantitative estimate of drug-likeness (QED) is 0.873. The third-order valence-corrected chi connectivity index (χ3v) is 3.63. The molecule has 0 unspecified atom stereocenters. The molecule has 0 bridgehead atoms. The number of ether oxygens (including phenoxy) is 2. The number of carbonyl (C=O) groups excluding carboxylic acids is 3. The summed E-state index contributed by atoms with van der Waals surface area (Å²) in [4.78, 5) is 34.4. The summed E-state index contributed by atoms with van der Waals surface area (Å²) in [6, 6.07) is 5.63. The molecule has 0 radical (unpaired) electrons. The van der Waals surface area contributed by atoms with Crippen LogP contribution in [-0.4, -0.2) is 31.2 Å². The van der Waals surface area contributed by atoms with Crippen molar-refractivity contribution in [2.75, 3.05) is 13.2 Å². The molecule has 0 fully saturated rings. The zero-order valence-corrected chi connectivity index (χ0v) is 12.4. The molecule has 116 valence electrons. The third kappa shape index (κ3) is 4.01. The van der Waals surface area contributed by atoms with Crippen LogP contribution in [0.3, 0.4) is 0 Å². The molecular weight excluding hydrogens is 313 g/mol. The van der Waals surface area contributed by atoms with E-state index in [0.29, 0.717) is 5.39 Å². The number of hydrogen-bond acceptors (Lipinski definition) is 6. The Morgan fingerprint density at radius 1 is 1.23 bits per heavy atom. The molecule has 1 heterocycles. The van der Waals surface area contributed by atoms with Crippen LogP contribution in [0.1, 0.15) is 16.6 Å². The zero-order chi connectivity index (χ0) is 16.1. The van der Waals surface area contributed by atoms with Gasteiger partial charge in [0.2, 0.25) is 0 Å². The number of rotatable bonds is 4. The van der Waals surface area contributed by atoms with Crippen LogP contribution in [0.15, 0.2) is 24.3 Å². The van der Waals surface area contributed by atoms with Gasteiger partial charge in [-0.1, -0.05) is 0 Å². The minimum absolute atomic E-state index is 0.122. The zero-order valence-electron chi connectivity index (χ0n) is 11.6. The molecule has 8 heteroatoms. The third-order valence-electron chi connectivity index (χ3n) is 2.53. The Morgan fingerprint density at radius 2 is 2.00 bits per heavy atom. The number of fused-ring (bicyclic) bond motifs is 1. The van der Waals surface area contributed by atoms with Crippen molar-refractivity contribution in [1.82, 2.24) is 5.32 Å². The van der Waals surface area contributed by atoms with Gasteiger partial charge in [-0.3, -0.25) is 10.1 Å². The second-order valence-corrected chi connectivity index (χ2v) is 5.22. The highest BCUT2D eigenvalue weighted by atomic mass is 32.1. The van der Waals surface area contributed by atoms with Crippen molar-refractivity contribution >= 4 is 39.4 Å². The number of imide groups is 1. The number of nitrogens with one attached hydrogen (secondary N) is 1. The van der Waals surface area contributed by atoms with Gasteiger partial charge in [0.1, 0.15) is 10.7 Å². The molecule has 1 aromatic carbocycles. The largest absolute Gasteiger partial charge is 0.451 e. The van der Waals surface area contributed by atoms with Crippen LogP contribution >= 0.6 is 11.3 Å². The van der Waals surface area contributed by atoms with Crippen molar-refractivity contribution in [2.45, 2.75) is 6.92 Å². The maximum atomic E-state index is 13.1. The predicted octanol–water partition coefficient (Wildman–Crippen LogP) is 2.47. The molecule has 0 aliphatic rings. The van der Waals surface area contributed by atoms with Crippen LogP contribution in [-0.2, 0) is 14.3 Å². The summed E-state index contributed by atoms with van der Waals surface area (Å²) in [5.74, 6) is -1.92. The van der Waals surface area contributed by atoms with E-state index < -0.39 is 30.4 Å². The number of amides is 2. The Kier molecular flexibility index (Phi) is 5.05. The van der Waals surface area contributed by atoms with Crippen LogP contribution in [0.25, 0.3) is 10.1 Å². The van der Waals surface area contributed by atoms with E-state index in [1.54, 1.807) is 13.0 Å². The molecule has 0 aliphatic carbocycles. The summed E-state index contributed by atoms with van der Waals surface area (Å²) in [5.41, 5.74) is 0. The van der Waals surface area contributed by atoms with Gasteiger partial charge < -0.3 is 9.47 Å². The Balaban J connectivity index is 1.93. The average Bonchev–Trinajstić information content (AvgIpc) is 2.88. The molecule has 2 rings (SSSR count). The lowest BCUT2D eigenvalue weighted by molar-refractivity contribution is -0.123. The molecule has 2 amide bonds. The molecule has 0 aliphatic heterocycles. The number of hydrogen-bond donors (Lipinski definition) is 1. The summed E-state index contributed by atoms with van der Waals surface area (Å²) in [5, 5.41) is 2.48. The molecule has 1 aromatic heterocycles. The van der Waals surface area contributed by atoms with Crippen molar-refractivity contribution in [3.8, 4) is 0 Å². The molecule has 0 saturated carbocycles. The lowest BCUT2D eigenvalue weighted by Gasteiger charge is -2.04. The average molecular weight is 325 g/mol. The van der Waals surface area contributed by atoms with E-state index >= 15 is 0 Å². The summed E-state index contributed by atoms with van der Waals surface area (Å²) in [6.45, 7) is 1.10. The maximum Gasteiger partial charge on any atom is 0.413 e. The van der Waals surface area contributed by atoms with Crippen molar-refractivity contribution in [2.24, 2.45) is 0 Å². The van der Waals surface area contributed by atoms with E-state index in [2.05, 4.69) is 4.74 Å². The molecule has 2 aromatic rings. The second kappa shape index (κ2) is 6.99. The number of halogens is 1. The Morgan fingerprint density at radius 3 is 2.73 bits per heavy atom. The first-order valence-electron chi connectivity index (χ1n) is 6.32. The first kappa shape index (κ1) is 15.9. The summed E-state index contributed by atoms with van der Waals surface area (Å²) >= 11 is 1.12. The molecule has 22 heavy (non-hydrogen) atoms. The lowest BCUT2D eigenvalue weighted by atomic mass is 10.2. The van der Waals surface area contributed by atoms with Gasteiger partial charge in [-0.05, 0) is 36.6 Å². The molecule has 6 nitrogen and oxygen atoms in total.